The Bertz CT molecular complexity index is 719. The first-order valence-electron chi connectivity index (χ1n) is 5.84. The molecule has 0 spiro atoms. The molecule has 0 aliphatic heterocycles. The molecule has 0 bridgehead atoms. The average Bonchev–Trinajstić information content (AvgIpc) is 2.51. The summed E-state index contributed by atoms with van der Waals surface area (Å²) in [4.78, 5) is 12.0. The van der Waals surface area contributed by atoms with E-state index in [1.54, 1.807) is 12.1 Å². The number of methoxy groups -OCH3 is 1. The summed E-state index contributed by atoms with van der Waals surface area (Å²) in [5.41, 5.74) is -2.65. The maximum absolute atomic E-state index is 13.6. The Morgan fingerprint density at radius 1 is 0.909 bits per heavy atom. The second-order valence-corrected chi connectivity index (χ2v) is 5.34. The highest BCUT2D eigenvalue weighted by molar-refractivity contribution is 7.66. The summed E-state index contributed by atoms with van der Waals surface area (Å²) < 4.78 is 71.3. The smallest absolute Gasteiger partial charge is 0.200 e. The van der Waals surface area contributed by atoms with Crippen LogP contribution in [0.15, 0.2) is 24.3 Å². The Balaban J connectivity index is 2.47. The fraction of sp³-hybridized carbons (Fsp3) is 0.0714. The average molecular weight is 334 g/mol. The van der Waals surface area contributed by atoms with Gasteiger partial charge in [0.2, 0.25) is 5.82 Å². The van der Waals surface area contributed by atoms with Crippen LogP contribution in [0.4, 0.5) is 22.0 Å². The molecule has 2 nitrogen and oxygen atoms in total. The van der Waals surface area contributed by atoms with Gasteiger partial charge in [0, 0.05) is 5.30 Å². The van der Waals surface area contributed by atoms with Gasteiger partial charge in [0.05, 0.1) is 12.7 Å². The first-order chi connectivity index (χ1) is 10.4. The molecule has 0 N–H and O–H groups in total. The van der Waals surface area contributed by atoms with Gasteiger partial charge >= 0.3 is 0 Å². The largest absolute Gasteiger partial charge is 0.496 e. The van der Waals surface area contributed by atoms with Crippen LogP contribution in [0.2, 0.25) is 0 Å². The van der Waals surface area contributed by atoms with E-state index in [9.17, 15) is 26.7 Å². The minimum absolute atomic E-state index is 0.276. The third-order valence-electron chi connectivity index (χ3n) is 2.79. The van der Waals surface area contributed by atoms with Crippen molar-refractivity contribution in [3.05, 3.63) is 58.9 Å². The first kappa shape index (κ1) is 16.4. The highest BCUT2D eigenvalue weighted by atomic mass is 31.1. The van der Waals surface area contributed by atoms with Gasteiger partial charge < -0.3 is 4.74 Å². The zero-order valence-electron chi connectivity index (χ0n) is 11.0. The normalized spacial score (nSPS) is 11.2. The first-order valence-corrected chi connectivity index (χ1v) is 6.84. The Morgan fingerprint density at radius 2 is 1.41 bits per heavy atom. The van der Waals surface area contributed by atoms with Gasteiger partial charge in [0.15, 0.2) is 28.8 Å². The fourth-order valence-corrected chi connectivity index (χ4v) is 2.81. The molecule has 0 saturated heterocycles. The minimum Gasteiger partial charge on any atom is -0.496 e. The van der Waals surface area contributed by atoms with Gasteiger partial charge in [-0.05, 0) is 14.6 Å². The predicted octanol–water partition coefficient (Wildman–Crippen LogP) is 3.53. The number of carbonyl (C=O) groups is 1. The van der Waals surface area contributed by atoms with Crippen molar-refractivity contribution in [1.29, 1.82) is 0 Å². The number of carbonyl (C=O) groups excluding carboxylic acids is 1. The molecule has 116 valence electrons. The van der Waals surface area contributed by atoms with Crippen molar-refractivity contribution in [2.45, 2.75) is 0 Å². The quantitative estimate of drug-likeness (QED) is 0.370. The van der Waals surface area contributed by atoms with Gasteiger partial charge in [0.1, 0.15) is 5.75 Å². The van der Waals surface area contributed by atoms with Crippen LogP contribution in [-0.4, -0.2) is 12.6 Å². The van der Waals surface area contributed by atoms with Crippen molar-refractivity contribution < 1.29 is 31.5 Å². The monoisotopic (exact) mass is 334 g/mol. The van der Waals surface area contributed by atoms with Crippen LogP contribution in [0, 0.1) is 29.1 Å². The summed E-state index contributed by atoms with van der Waals surface area (Å²) in [5.74, 6) is -10.6. The molecular weight excluding hydrogens is 326 g/mol. The molecule has 2 aromatic carbocycles. The maximum Gasteiger partial charge on any atom is 0.200 e. The molecule has 8 heteroatoms. The molecule has 0 saturated carbocycles. The van der Waals surface area contributed by atoms with Gasteiger partial charge in [0.25, 0.3) is 0 Å². The summed E-state index contributed by atoms with van der Waals surface area (Å²) >= 11 is 0. The van der Waals surface area contributed by atoms with Crippen molar-refractivity contribution in [1.82, 2.24) is 0 Å². The number of benzene rings is 2. The van der Waals surface area contributed by atoms with E-state index in [0.717, 1.165) is 0 Å². The summed E-state index contributed by atoms with van der Waals surface area (Å²) in [6.45, 7) is 0. The van der Waals surface area contributed by atoms with Crippen LogP contribution in [0.3, 0.4) is 0 Å². The lowest BCUT2D eigenvalue weighted by molar-refractivity contribution is 0.107. The SMILES string of the molecule is COc1ccccc1PC(=O)c1c(F)c(F)c(F)c(F)c1F. The molecule has 22 heavy (non-hydrogen) atoms. The summed E-state index contributed by atoms with van der Waals surface area (Å²) in [6.07, 6.45) is 0. The minimum atomic E-state index is -2.30. The number of hydrogen-bond acceptors (Lipinski definition) is 2. The molecule has 2 rings (SSSR count). The van der Waals surface area contributed by atoms with Crippen LogP contribution in [0.25, 0.3) is 0 Å². The van der Waals surface area contributed by atoms with Gasteiger partial charge in [-0.3, -0.25) is 4.79 Å². The third kappa shape index (κ3) is 2.81. The molecule has 0 heterocycles. The third-order valence-corrected chi connectivity index (χ3v) is 3.95. The zero-order chi connectivity index (χ0) is 16.4. The molecular formula is C14H8F5O2P. The zero-order valence-corrected chi connectivity index (χ0v) is 12.0. The van der Waals surface area contributed by atoms with Gasteiger partial charge in [-0.1, -0.05) is 18.2 Å². The van der Waals surface area contributed by atoms with Crippen LogP contribution < -0.4 is 10.0 Å². The van der Waals surface area contributed by atoms with E-state index in [2.05, 4.69) is 0 Å². The Kier molecular flexibility index (Phi) is 4.76. The number of halogens is 5. The van der Waals surface area contributed by atoms with Crippen molar-refractivity contribution in [3.63, 3.8) is 0 Å². The molecule has 2 aromatic rings. The lowest BCUT2D eigenvalue weighted by atomic mass is 10.2. The fourth-order valence-electron chi connectivity index (χ4n) is 1.74. The number of ether oxygens (including phenoxy) is 1. The molecule has 0 fully saturated rings. The molecule has 0 amide bonds. The van der Waals surface area contributed by atoms with E-state index in [0.29, 0.717) is 5.30 Å². The van der Waals surface area contributed by atoms with Crippen molar-refractivity contribution in [2.75, 3.05) is 7.11 Å². The number of para-hydroxylation sites is 1. The maximum atomic E-state index is 13.6. The molecule has 1 unspecified atom stereocenters. The predicted molar refractivity (Wildman–Crippen MR) is 71.5 cm³/mol. The Hall–Kier alpha value is -2.01. The van der Waals surface area contributed by atoms with Gasteiger partial charge in [-0.15, -0.1) is 0 Å². The van der Waals surface area contributed by atoms with Crippen LogP contribution in [0.5, 0.6) is 5.75 Å². The highest BCUT2D eigenvalue weighted by Gasteiger charge is 2.29. The topological polar surface area (TPSA) is 26.3 Å². The van der Waals surface area contributed by atoms with Crippen LogP contribution >= 0.6 is 8.58 Å². The van der Waals surface area contributed by atoms with Crippen LogP contribution in [-0.2, 0) is 0 Å². The van der Waals surface area contributed by atoms with E-state index in [1.165, 1.54) is 19.2 Å². The summed E-state index contributed by atoms with van der Waals surface area (Å²) in [6, 6.07) is 6.13. The van der Waals surface area contributed by atoms with Crippen molar-refractivity contribution in [3.8, 4) is 5.75 Å². The second-order valence-electron chi connectivity index (χ2n) is 4.10. The number of rotatable bonds is 4. The lowest BCUT2D eigenvalue weighted by Gasteiger charge is -2.09. The van der Waals surface area contributed by atoms with E-state index in [-0.39, 0.29) is 5.75 Å². The van der Waals surface area contributed by atoms with Crippen molar-refractivity contribution >= 4 is 19.4 Å². The highest BCUT2D eigenvalue weighted by Crippen LogP contribution is 2.30. The second kappa shape index (κ2) is 6.40. The van der Waals surface area contributed by atoms with Gasteiger partial charge in [-0.25, -0.2) is 22.0 Å². The molecule has 0 radical (unpaired) electrons. The Labute approximate surface area is 123 Å². The summed E-state index contributed by atoms with van der Waals surface area (Å²) in [7, 11) is 0.470. The van der Waals surface area contributed by atoms with Gasteiger partial charge in [-0.2, -0.15) is 0 Å². The van der Waals surface area contributed by atoms with E-state index >= 15 is 0 Å². The van der Waals surface area contributed by atoms with E-state index < -0.39 is 48.8 Å². The van der Waals surface area contributed by atoms with Crippen molar-refractivity contribution in [2.24, 2.45) is 0 Å². The number of hydrogen-bond donors (Lipinski definition) is 0. The Morgan fingerprint density at radius 3 is 1.95 bits per heavy atom. The molecule has 0 aromatic heterocycles. The molecule has 0 aliphatic rings. The van der Waals surface area contributed by atoms with E-state index in [1.807, 2.05) is 0 Å². The van der Waals surface area contributed by atoms with E-state index in [4.69, 9.17) is 4.74 Å². The van der Waals surface area contributed by atoms with Crippen LogP contribution in [0.1, 0.15) is 10.4 Å². The summed E-state index contributed by atoms with van der Waals surface area (Å²) in [5, 5.41) is 0.291. The standard InChI is InChI=1S/C14H8F5O2P/c1-21-6-4-2-3-5-7(6)22-14(20)8-9(15)11(17)13(19)12(18)10(8)16/h2-5,22H,1H3. The molecule has 0 aliphatic carbocycles. The molecule has 1 atom stereocenters. The lowest BCUT2D eigenvalue weighted by Crippen LogP contribution is -2.12.